The van der Waals surface area contributed by atoms with E-state index in [1.165, 1.54) is 0 Å². The van der Waals surface area contributed by atoms with Gasteiger partial charge in [-0.05, 0) is 20.3 Å². The molecule has 0 aromatic carbocycles. The van der Waals surface area contributed by atoms with Gasteiger partial charge < -0.3 is 5.32 Å². The minimum absolute atomic E-state index is 0.0503. The van der Waals surface area contributed by atoms with Crippen molar-refractivity contribution in [1.82, 2.24) is 10.2 Å². The zero-order valence-electron chi connectivity index (χ0n) is 10.7. The number of carbonyl (C=O) groups is 1. The Bertz CT molecular complexity index is 243. The molecule has 0 aromatic heterocycles. The molecule has 16 heavy (non-hydrogen) atoms. The number of hydrogen-bond donors (Lipinski definition) is 1. The van der Waals surface area contributed by atoms with Crippen LogP contribution in [0.3, 0.4) is 0 Å². The van der Waals surface area contributed by atoms with Crippen molar-refractivity contribution in [3.05, 3.63) is 0 Å². The number of nitrogens with one attached hydrogen (secondary N) is 1. The van der Waals surface area contributed by atoms with Crippen molar-refractivity contribution in [2.75, 3.05) is 13.1 Å². The predicted octanol–water partition coefficient (Wildman–Crippen LogP) is 1.58. The van der Waals surface area contributed by atoms with Crippen LogP contribution < -0.4 is 5.32 Å². The van der Waals surface area contributed by atoms with E-state index in [0.29, 0.717) is 19.0 Å². The number of alkyl halides is 1. The Labute approximate surface area is 97.4 Å². The number of piperidine rings is 1. The maximum absolute atomic E-state index is 13.8. The summed E-state index contributed by atoms with van der Waals surface area (Å²) < 4.78 is 13.8. The lowest BCUT2D eigenvalue weighted by atomic mass is 10.0. The third-order valence-electron chi connectivity index (χ3n) is 3.16. The monoisotopic (exact) mass is 230 g/mol. The topological polar surface area (TPSA) is 32.3 Å². The fourth-order valence-corrected chi connectivity index (χ4v) is 1.91. The van der Waals surface area contributed by atoms with Crippen molar-refractivity contribution < 1.29 is 9.18 Å². The number of nitrogens with zero attached hydrogens (tertiary/aromatic N) is 1. The molecule has 0 unspecified atom stereocenters. The minimum atomic E-state index is -0.946. The number of hydrogen-bond acceptors (Lipinski definition) is 2. The SMILES string of the molecule is CC(C)C(=O)N[C@@H]1CCN(C(C)C)C[C@H]1F. The van der Waals surface area contributed by atoms with Crippen molar-refractivity contribution in [3.8, 4) is 0 Å². The third kappa shape index (κ3) is 3.44. The van der Waals surface area contributed by atoms with E-state index in [4.69, 9.17) is 0 Å². The van der Waals surface area contributed by atoms with Gasteiger partial charge in [-0.2, -0.15) is 0 Å². The number of likely N-dealkylation sites (tertiary alicyclic amines) is 1. The molecule has 0 spiro atoms. The van der Waals surface area contributed by atoms with E-state index in [1.54, 1.807) is 0 Å². The van der Waals surface area contributed by atoms with Gasteiger partial charge in [-0.15, -0.1) is 0 Å². The number of rotatable bonds is 3. The van der Waals surface area contributed by atoms with Crippen LogP contribution in [0.1, 0.15) is 34.1 Å². The van der Waals surface area contributed by atoms with Gasteiger partial charge in [0.1, 0.15) is 6.17 Å². The summed E-state index contributed by atoms with van der Waals surface area (Å²) in [5.41, 5.74) is 0. The molecule has 1 fully saturated rings. The summed E-state index contributed by atoms with van der Waals surface area (Å²) in [4.78, 5) is 13.6. The second kappa shape index (κ2) is 5.62. The quantitative estimate of drug-likeness (QED) is 0.798. The van der Waals surface area contributed by atoms with Gasteiger partial charge in [0.25, 0.3) is 0 Å². The molecule has 1 aliphatic heterocycles. The molecule has 94 valence electrons. The van der Waals surface area contributed by atoms with Crippen LogP contribution in [0.25, 0.3) is 0 Å². The van der Waals surface area contributed by atoms with Gasteiger partial charge in [0.15, 0.2) is 0 Å². The molecule has 0 aliphatic carbocycles. The van der Waals surface area contributed by atoms with Crippen LogP contribution in [0.2, 0.25) is 0 Å². The highest BCUT2D eigenvalue weighted by Crippen LogP contribution is 2.16. The van der Waals surface area contributed by atoms with Crippen LogP contribution in [0, 0.1) is 5.92 Å². The average Bonchev–Trinajstić information content (AvgIpc) is 2.20. The summed E-state index contributed by atoms with van der Waals surface area (Å²) in [5, 5.41) is 2.79. The Kier molecular flexibility index (Phi) is 4.71. The maximum atomic E-state index is 13.8. The molecule has 3 nitrogen and oxygen atoms in total. The van der Waals surface area contributed by atoms with Gasteiger partial charge in [-0.25, -0.2) is 4.39 Å². The third-order valence-corrected chi connectivity index (χ3v) is 3.16. The first-order chi connectivity index (χ1) is 7.41. The first kappa shape index (κ1) is 13.4. The normalized spacial score (nSPS) is 27.4. The van der Waals surface area contributed by atoms with Crippen LogP contribution in [-0.4, -0.2) is 42.2 Å². The molecular weight excluding hydrogens is 207 g/mol. The highest BCUT2D eigenvalue weighted by molar-refractivity contribution is 5.78. The van der Waals surface area contributed by atoms with Gasteiger partial charge in [0, 0.05) is 25.0 Å². The molecular formula is C12H23FN2O. The molecule has 1 aliphatic rings. The molecule has 0 saturated carbocycles. The van der Waals surface area contributed by atoms with Crippen LogP contribution in [-0.2, 0) is 4.79 Å². The molecule has 1 heterocycles. The Morgan fingerprint density at radius 1 is 1.38 bits per heavy atom. The summed E-state index contributed by atoms with van der Waals surface area (Å²) in [6.07, 6.45) is -0.239. The molecule has 0 aromatic rings. The van der Waals surface area contributed by atoms with Gasteiger partial charge in [-0.1, -0.05) is 13.8 Å². The van der Waals surface area contributed by atoms with Crippen molar-refractivity contribution >= 4 is 5.91 Å². The largest absolute Gasteiger partial charge is 0.350 e. The smallest absolute Gasteiger partial charge is 0.222 e. The van der Waals surface area contributed by atoms with E-state index in [0.717, 1.165) is 6.54 Å². The summed E-state index contributed by atoms with van der Waals surface area (Å²) in [6.45, 7) is 9.08. The van der Waals surface area contributed by atoms with E-state index in [2.05, 4.69) is 24.1 Å². The standard InChI is InChI=1S/C12H23FN2O/c1-8(2)12(16)14-11-5-6-15(9(3)4)7-10(11)13/h8-11H,5-7H2,1-4H3,(H,14,16)/t10-,11-/m1/s1. The van der Waals surface area contributed by atoms with E-state index >= 15 is 0 Å². The number of carbonyl (C=O) groups excluding carboxylic acids is 1. The van der Waals surface area contributed by atoms with E-state index < -0.39 is 6.17 Å². The summed E-state index contributed by atoms with van der Waals surface area (Å²) in [6, 6.07) is 0.0740. The first-order valence-electron chi connectivity index (χ1n) is 6.10. The molecule has 2 atom stereocenters. The first-order valence-corrected chi connectivity index (χ1v) is 6.10. The van der Waals surface area contributed by atoms with E-state index in [-0.39, 0.29) is 17.9 Å². The summed E-state index contributed by atoms with van der Waals surface area (Å²) in [5.74, 6) is -0.124. The molecule has 4 heteroatoms. The van der Waals surface area contributed by atoms with Crippen LogP contribution >= 0.6 is 0 Å². The zero-order chi connectivity index (χ0) is 12.3. The minimum Gasteiger partial charge on any atom is -0.350 e. The Balaban J connectivity index is 2.45. The molecule has 0 bridgehead atoms. The molecule has 1 N–H and O–H groups in total. The van der Waals surface area contributed by atoms with Crippen LogP contribution in [0.4, 0.5) is 4.39 Å². The molecule has 1 amide bonds. The lowest BCUT2D eigenvalue weighted by Crippen LogP contribution is -2.54. The highest BCUT2D eigenvalue weighted by atomic mass is 19.1. The van der Waals surface area contributed by atoms with Gasteiger partial charge in [0.05, 0.1) is 6.04 Å². The second-order valence-corrected chi connectivity index (χ2v) is 5.16. The second-order valence-electron chi connectivity index (χ2n) is 5.16. The van der Waals surface area contributed by atoms with E-state index in [9.17, 15) is 9.18 Å². The number of halogens is 1. The van der Waals surface area contributed by atoms with Gasteiger partial charge in [0.2, 0.25) is 5.91 Å². The molecule has 0 radical (unpaired) electrons. The Morgan fingerprint density at radius 3 is 2.44 bits per heavy atom. The lowest BCUT2D eigenvalue weighted by molar-refractivity contribution is -0.125. The number of amides is 1. The highest BCUT2D eigenvalue weighted by Gasteiger charge is 2.31. The van der Waals surface area contributed by atoms with Gasteiger partial charge in [-0.3, -0.25) is 9.69 Å². The zero-order valence-corrected chi connectivity index (χ0v) is 10.7. The van der Waals surface area contributed by atoms with Crippen LogP contribution in [0.5, 0.6) is 0 Å². The molecule has 1 rings (SSSR count). The Hall–Kier alpha value is -0.640. The average molecular weight is 230 g/mol. The van der Waals surface area contributed by atoms with Gasteiger partial charge >= 0.3 is 0 Å². The lowest BCUT2D eigenvalue weighted by Gasteiger charge is -2.37. The summed E-state index contributed by atoms with van der Waals surface area (Å²) >= 11 is 0. The Morgan fingerprint density at radius 2 is 2.00 bits per heavy atom. The van der Waals surface area contributed by atoms with E-state index in [1.807, 2.05) is 13.8 Å². The van der Waals surface area contributed by atoms with Crippen molar-refractivity contribution in [1.29, 1.82) is 0 Å². The molecule has 1 saturated heterocycles. The van der Waals surface area contributed by atoms with Crippen LogP contribution in [0.15, 0.2) is 0 Å². The van der Waals surface area contributed by atoms with Crippen molar-refractivity contribution in [2.24, 2.45) is 5.92 Å². The maximum Gasteiger partial charge on any atom is 0.222 e. The fraction of sp³-hybridized carbons (Fsp3) is 0.917. The fourth-order valence-electron chi connectivity index (χ4n) is 1.91. The van der Waals surface area contributed by atoms with Crippen molar-refractivity contribution in [2.45, 2.75) is 52.4 Å². The van der Waals surface area contributed by atoms with Crippen molar-refractivity contribution in [3.63, 3.8) is 0 Å². The summed E-state index contributed by atoms with van der Waals surface area (Å²) in [7, 11) is 0. The predicted molar refractivity (Wildman–Crippen MR) is 63.0 cm³/mol.